The number of aryl methyl sites for hydroxylation is 2. The van der Waals surface area contributed by atoms with Crippen LogP contribution in [0.3, 0.4) is 0 Å². The molecule has 0 radical (unpaired) electrons. The highest BCUT2D eigenvalue weighted by molar-refractivity contribution is 5.71. The fourth-order valence-electron chi connectivity index (χ4n) is 3.86. The topological polar surface area (TPSA) is 96.7 Å². The lowest BCUT2D eigenvalue weighted by atomic mass is 10.2. The van der Waals surface area contributed by atoms with Crippen molar-refractivity contribution < 1.29 is 13.9 Å². The Morgan fingerprint density at radius 2 is 1.71 bits per heavy atom. The summed E-state index contributed by atoms with van der Waals surface area (Å²) < 4.78 is 20.4. The molecule has 4 aromatic heterocycles. The Hall–Kier alpha value is -4.66. The fourth-order valence-corrected chi connectivity index (χ4v) is 3.86. The van der Waals surface area contributed by atoms with Crippen molar-refractivity contribution in [3.63, 3.8) is 0 Å². The molecular formula is C26H23N5O4. The van der Waals surface area contributed by atoms with Gasteiger partial charge in [-0.3, -0.25) is 13.8 Å². The first-order chi connectivity index (χ1) is 17.0. The quantitative estimate of drug-likeness (QED) is 0.365. The Morgan fingerprint density at radius 3 is 2.40 bits per heavy atom. The van der Waals surface area contributed by atoms with Crippen molar-refractivity contribution in [2.24, 2.45) is 0 Å². The maximum atomic E-state index is 12.6. The van der Waals surface area contributed by atoms with Gasteiger partial charge in [-0.1, -0.05) is 12.1 Å². The molecular weight excluding hydrogens is 446 g/mol. The number of fused-ring (bicyclic) bond motifs is 1. The second kappa shape index (κ2) is 8.94. The van der Waals surface area contributed by atoms with Crippen LogP contribution in [0.2, 0.25) is 0 Å². The molecule has 176 valence electrons. The molecule has 0 aliphatic heterocycles. The molecule has 0 bridgehead atoms. The number of methoxy groups -OCH3 is 2. The van der Waals surface area contributed by atoms with E-state index in [1.165, 1.54) is 10.5 Å². The minimum absolute atomic E-state index is 0.169. The smallest absolute Gasteiger partial charge is 0.258 e. The molecule has 0 amide bonds. The van der Waals surface area contributed by atoms with Crippen molar-refractivity contribution in [2.45, 2.75) is 13.8 Å². The highest BCUT2D eigenvalue weighted by Crippen LogP contribution is 2.36. The van der Waals surface area contributed by atoms with E-state index in [1.54, 1.807) is 37.1 Å². The minimum atomic E-state index is -0.169. The minimum Gasteiger partial charge on any atom is -0.494 e. The molecule has 9 nitrogen and oxygen atoms in total. The molecule has 0 fully saturated rings. The van der Waals surface area contributed by atoms with Gasteiger partial charge in [0.15, 0.2) is 11.6 Å². The second-order valence-corrected chi connectivity index (χ2v) is 7.93. The van der Waals surface area contributed by atoms with Crippen LogP contribution in [0.1, 0.15) is 22.8 Å². The summed E-state index contributed by atoms with van der Waals surface area (Å²) in [5.74, 6) is 3.38. The van der Waals surface area contributed by atoms with Crippen molar-refractivity contribution in [2.75, 3.05) is 14.2 Å². The lowest BCUT2D eigenvalue weighted by Gasteiger charge is -2.16. The molecule has 5 rings (SSSR count). The second-order valence-electron chi connectivity index (χ2n) is 7.93. The number of furan rings is 1. The summed E-state index contributed by atoms with van der Waals surface area (Å²) in [5.41, 5.74) is 2.48. The lowest BCUT2D eigenvalue weighted by molar-refractivity contribution is 0.391. The number of pyridine rings is 1. The fraction of sp³-hybridized carbons (Fsp3) is 0.154. The van der Waals surface area contributed by atoms with Gasteiger partial charge in [-0.2, -0.15) is 0 Å². The van der Waals surface area contributed by atoms with E-state index in [-0.39, 0.29) is 5.56 Å². The molecule has 0 N–H and O–H groups in total. The monoisotopic (exact) mass is 469 g/mol. The average Bonchev–Trinajstić information content (AvgIpc) is 3.48. The Balaban J connectivity index is 1.68. The van der Waals surface area contributed by atoms with Gasteiger partial charge in [0.05, 0.1) is 19.9 Å². The summed E-state index contributed by atoms with van der Waals surface area (Å²) in [6.07, 6.45) is 5.23. The maximum Gasteiger partial charge on any atom is 0.258 e. The van der Waals surface area contributed by atoms with Gasteiger partial charge in [0, 0.05) is 12.3 Å². The van der Waals surface area contributed by atoms with Crippen molar-refractivity contribution >= 4 is 17.8 Å². The number of benzene rings is 1. The van der Waals surface area contributed by atoms with Gasteiger partial charge >= 0.3 is 0 Å². The molecule has 0 unspecified atom stereocenters. The number of nitrogens with zero attached hydrogens (tertiary/aromatic N) is 5. The molecule has 0 saturated heterocycles. The van der Waals surface area contributed by atoms with E-state index in [0.717, 1.165) is 11.3 Å². The van der Waals surface area contributed by atoms with Crippen molar-refractivity contribution in [1.29, 1.82) is 0 Å². The zero-order valence-corrected chi connectivity index (χ0v) is 19.7. The van der Waals surface area contributed by atoms with E-state index >= 15 is 0 Å². The standard InChI is InChI=1S/C26H23N5O4/c1-16-8-12-22-27-18(14-24(32)30(22)15-16)10-13-23-28-29-26(21-11-9-17(2)35-21)31(23)25-19(33-3)6-5-7-20(25)34-4/h5-15H,1-4H3/b13-10+. The van der Waals surface area contributed by atoms with Crippen LogP contribution in [0.5, 0.6) is 11.5 Å². The maximum absolute atomic E-state index is 12.6. The third-order valence-electron chi connectivity index (χ3n) is 5.50. The zero-order valence-electron chi connectivity index (χ0n) is 19.7. The van der Waals surface area contributed by atoms with Crippen LogP contribution < -0.4 is 15.0 Å². The number of hydrogen-bond donors (Lipinski definition) is 0. The SMILES string of the molecule is COc1cccc(OC)c1-n1c(/C=C/c2cc(=O)n3cc(C)ccc3n2)nnc1-c1ccc(C)o1. The van der Waals surface area contributed by atoms with Gasteiger partial charge in [-0.25, -0.2) is 4.98 Å². The van der Waals surface area contributed by atoms with Gasteiger partial charge in [0.2, 0.25) is 5.82 Å². The largest absolute Gasteiger partial charge is 0.494 e. The van der Waals surface area contributed by atoms with Crippen molar-refractivity contribution in [1.82, 2.24) is 24.1 Å². The number of ether oxygens (including phenoxy) is 2. The summed E-state index contributed by atoms with van der Waals surface area (Å²) in [4.78, 5) is 17.2. The first-order valence-corrected chi connectivity index (χ1v) is 10.9. The molecule has 5 aromatic rings. The third kappa shape index (κ3) is 4.08. The van der Waals surface area contributed by atoms with Gasteiger partial charge in [0.1, 0.15) is 28.6 Å². The predicted molar refractivity (Wildman–Crippen MR) is 132 cm³/mol. The molecule has 0 saturated carbocycles. The Morgan fingerprint density at radius 1 is 0.943 bits per heavy atom. The molecule has 9 heteroatoms. The van der Waals surface area contributed by atoms with Crippen LogP contribution in [-0.4, -0.2) is 38.4 Å². The summed E-state index contributed by atoms with van der Waals surface area (Å²) in [6, 6.07) is 14.4. The molecule has 35 heavy (non-hydrogen) atoms. The van der Waals surface area contributed by atoms with Crippen LogP contribution in [0.15, 0.2) is 63.9 Å². The van der Waals surface area contributed by atoms with Crippen LogP contribution >= 0.6 is 0 Å². The zero-order chi connectivity index (χ0) is 24.5. The normalized spacial score (nSPS) is 11.4. The van der Waals surface area contributed by atoms with E-state index < -0.39 is 0 Å². The highest BCUT2D eigenvalue weighted by atomic mass is 16.5. The molecule has 4 heterocycles. The summed E-state index contributed by atoms with van der Waals surface area (Å²) >= 11 is 0. The third-order valence-corrected chi connectivity index (χ3v) is 5.50. The number of rotatable bonds is 6. The number of hydrogen-bond acceptors (Lipinski definition) is 7. The average molecular weight is 470 g/mol. The first-order valence-electron chi connectivity index (χ1n) is 10.9. The Bertz CT molecular complexity index is 1600. The van der Waals surface area contributed by atoms with Crippen LogP contribution in [0.4, 0.5) is 0 Å². The van der Waals surface area contributed by atoms with Gasteiger partial charge in [-0.05, 0) is 61.9 Å². The van der Waals surface area contributed by atoms with Crippen LogP contribution in [0, 0.1) is 13.8 Å². The predicted octanol–water partition coefficient (Wildman–Crippen LogP) is 4.34. The molecule has 1 aromatic carbocycles. The van der Waals surface area contributed by atoms with Gasteiger partial charge in [0.25, 0.3) is 5.56 Å². The lowest BCUT2D eigenvalue weighted by Crippen LogP contribution is -2.14. The van der Waals surface area contributed by atoms with E-state index in [9.17, 15) is 4.79 Å². The van der Waals surface area contributed by atoms with E-state index in [4.69, 9.17) is 13.9 Å². The van der Waals surface area contributed by atoms with E-state index in [1.807, 2.05) is 56.3 Å². The van der Waals surface area contributed by atoms with Crippen molar-refractivity contribution in [3.05, 3.63) is 87.9 Å². The van der Waals surface area contributed by atoms with Gasteiger partial charge < -0.3 is 13.9 Å². The Kier molecular flexibility index (Phi) is 5.66. The summed E-state index contributed by atoms with van der Waals surface area (Å²) in [6.45, 7) is 3.79. The first kappa shape index (κ1) is 22.1. The summed E-state index contributed by atoms with van der Waals surface area (Å²) in [5, 5.41) is 8.77. The number of para-hydroxylation sites is 1. The van der Waals surface area contributed by atoms with Crippen LogP contribution in [0.25, 0.3) is 35.1 Å². The molecule has 0 aliphatic carbocycles. The molecule has 0 spiro atoms. The van der Waals surface area contributed by atoms with Crippen LogP contribution in [-0.2, 0) is 0 Å². The van der Waals surface area contributed by atoms with Gasteiger partial charge in [-0.15, -0.1) is 10.2 Å². The number of aromatic nitrogens is 5. The van der Waals surface area contributed by atoms with Crippen molar-refractivity contribution in [3.8, 4) is 28.8 Å². The van der Waals surface area contributed by atoms with E-state index in [0.29, 0.717) is 45.9 Å². The molecule has 0 atom stereocenters. The van der Waals surface area contributed by atoms with E-state index in [2.05, 4.69) is 15.2 Å². The molecule has 0 aliphatic rings. The summed E-state index contributed by atoms with van der Waals surface area (Å²) in [7, 11) is 3.17. The Labute approximate surface area is 200 Å². The highest BCUT2D eigenvalue weighted by Gasteiger charge is 2.22.